The Bertz CT molecular complexity index is 547. The number of carbonyl (C=O) groups is 2. The number of ketones is 1. The lowest BCUT2D eigenvalue weighted by Gasteiger charge is -2.11. The molecule has 1 aromatic rings. The first-order valence-electron chi connectivity index (χ1n) is 6.47. The van der Waals surface area contributed by atoms with E-state index in [2.05, 4.69) is 0 Å². The molecule has 1 aliphatic rings. The van der Waals surface area contributed by atoms with Gasteiger partial charge >= 0.3 is 5.97 Å². The second-order valence-electron chi connectivity index (χ2n) is 4.97. The van der Waals surface area contributed by atoms with Crippen molar-refractivity contribution in [2.75, 3.05) is 14.2 Å². The second-order valence-corrected chi connectivity index (χ2v) is 4.97. The van der Waals surface area contributed by atoms with Crippen molar-refractivity contribution >= 4 is 11.8 Å². The van der Waals surface area contributed by atoms with Crippen LogP contribution in [-0.2, 0) is 16.0 Å². The van der Waals surface area contributed by atoms with Crippen LogP contribution in [0.5, 0.6) is 11.5 Å². The lowest BCUT2D eigenvalue weighted by Crippen LogP contribution is -2.25. The highest BCUT2D eigenvalue weighted by Crippen LogP contribution is 2.37. The lowest BCUT2D eigenvalue weighted by atomic mass is 10.1. The van der Waals surface area contributed by atoms with E-state index in [0.29, 0.717) is 23.5 Å². The summed E-state index contributed by atoms with van der Waals surface area (Å²) in [5.74, 6) is -0.413. The van der Waals surface area contributed by atoms with E-state index < -0.39 is 11.9 Å². The average Bonchev–Trinajstić information content (AvgIpc) is 2.73. The summed E-state index contributed by atoms with van der Waals surface area (Å²) in [6, 6.07) is 3.37. The monoisotopic (exact) mass is 278 g/mol. The summed E-state index contributed by atoms with van der Waals surface area (Å²) in [5, 5.41) is 0. The molecule has 1 unspecified atom stereocenters. The van der Waals surface area contributed by atoms with E-state index in [1.54, 1.807) is 26.0 Å². The van der Waals surface area contributed by atoms with Crippen molar-refractivity contribution in [2.24, 2.45) is 5.92 Å². The minimum atomic E-state index is -0.760. The standard InChI is InChI=1S/C15H18O5/c1-8(2)20-15(17)11-5-9-6-12(18-3)13(19-4)7-10(9)14(11)16/h6-8,11H,5H2,1-4H3. The van der Waals surface area contributed by atoms with Crippen LogP contribution in [0.15, 0.2) is 12.1 Å². The summed E-state index contributed by atoms with van der Waals surface area (Å²) < 4.78 is 15.5. The molecule has 0 saturated heterocycles. The van der Waals surface area contributed by atoms with Gasteiger partial charge in [-0.25, -0.2) is 0 Å². The zero-order chi connectivity index (χ0) is 14.9. The van der Waals surface area contributed by atoms with Crippen LogP contribution in [0.25, 0.3) is 0 Å². The number of ether oxygens (including phenoxy) is 3. The number of methoxy groups -OCH3 is 2. The molecule has 0 aliphatic heterocycles. The van der Waals surface area contributed by atoms with Crippen molar-refractivity contribution < 1.29 is 23.8 Å². The fraction of sp³-hybridized carbons (Fsp3) is 0.467. The predicted octanol–water partition coefficient (Wildman–Crippen LogP) is 2.01. The van der Waals surface area contributed by atoms with Crippen LogP contribution in [0.3, 0.4) is 0 Å². The lowest BCUT2D eigenvalue weighted by molar-refractivity contribution is -0.150. The number of benzene rings is 1. The van der Waals surface area contributed by atoms with Crippen LogP contribution in [0.2, 0.25) is 0 Å². The second kappa shape index (κ2) is 5.53. The molecule has 108 valence electrons. The van der Waals surface area contributed by atoms with Gasteiger partial charge in [0.15, 0.2) is 17.3 Å². The van der Waals surface area contributed by atoms with Crippen LogP contribution in [0, 0.1) is 5.92 Å². The predicted molar refractivity (Wildman–Crippen MR) is 72.3 cm³/mol. The maximum atomic E-state index is 12.3. The minimum Gasteiger partial charge on any atom is -0.493 e. The van der Waals surface area contributed by atoms with E-state index >= 15 is 0 Å². The SMILES string of the molecule is COc1cc2c(cc1OC)C(=O)C(C(=O)OC(C)C)C2. The number of esters is 1. The third-order valence-electron chi connectivity index (χ3n) is 3.25. The van der Waals surface area contributed by atoms with Gasteiger partial charge in [-0.1, -0.05) is 0 Å². The van der Waals surface area contributed by atoms with Gasteiger partial charge in [0, 0.05) is 5.56 Å². The van der Waals surface area contributed by atoms with E-state index in [0.717, 1.165) is 5.56 Å². The van der Waals surface area contributed by atoms with Crippen molar-refractivity contribution in [3.8, 4) is 11.5 Å². The van der Waals surface area contributed by atoms with Crippen molar-refractivity contribution in [1.82, 2.24) is 0 Å². The number of hydrogen-bond donors (Lipinski definition) is 0. The Balaban J connectivity index is 2.31. The first kappa shape index (κ1) is 14.4. The maximum Gasteiger partial charge on any atom is 0.317 e. The first-order chi connectivity index (χ1) is 9.47. The van der Waals surface area contributed by atoms with Gasteiger partial charge in [0.25, 0.3) is 0 Å². The van der Waals surface area contributed by atoms with Gasteiger partial charge < -0.3 is 14.2 Å². The highest BCUT2D eigenvalue weighted by Gasteiger charge is 2.38. The van der Waals surface area contributed by atoms with Crippen molar-refractivity contribution in [2.45, 2.75) is 26.4 Å². The number of rotatable bonds is 4. The molecule has 0 heterocycles. The van der Waals surface area contributed by atoms with Crippen LogP contribution in [0.1, 0.15) is 29.8 Å². The molecule has 20 heavy (non-hydrogen) atoms. The van der Waals surface area contributed by atoms with E-state index in [9.17, 15) is 9.59 Å². The third kappa shape index (κ3) is 2.48. The summed E-state index contributed by atoms with van der Waals surface area (Å²) in [6.45, 7) is 3.52. The molecule has 5 nitrogen and oxygen atoms in total. The van der Waals surface area contributed by atoms with Gasteiger partial charge in [-0.2, -0.15) is 0 Å². The topological polar surface area (TPSA) is 61.8 Å². The molecule has 1 aromatic carbocycles. The van der Waals surface area contributed by atoms with Gasteiger partial charge in [-0.3, -0.25) is 9.59 Å². The molecule has 0 radical (unpaired) electrons. The summed E-state index contributed by atoms with van der Waals surface area (Å²) in [7, 11) is 3.04. The molecule has 0 aromatic heterocycles. The van der Waals surface area contributed by atoms with E-state index in [1.165, 1.54) is 14.2 Å². The zero-order valence-corrected chi connectivity index (χ0v) is 12.1. The fourth-order valence-electron chi connectivity index (χ4n) is 2.32. The Morgan fingerprint density at radius 1 is 1.20 bits per heavy atom. The Hall–Kier alpha value is -2.04. The first-order valence-corrected chi connectivity index (χ1v) is 6.47. The molecule has 2 rings (SSSR count). The van der Waals surface area contributed by atoms with E-state index in [4.69, 9.17) is 14.2 Å². The van der Waals surface area contributed by atoms with Crippen molar-refractivity contribution in [3.05, 3.63) is 23.3 Å². The van der Waals surface area contributed by atoms with Gasteiger partial charge in [-0.15, -0.1) is 0 Å². The molecular formula is C15H18O5. The van der Waals surface area contributed by atoms with Crippen LogP contribution >= 0.6 is 0 Å². The van der Waals surface area contributed by atoms with Crippen molar-refractivity contribution in [3.63, 3.8) is 0 Å². The normalized spacial score (nSPS) is 17.1. The summed E-state index contributed by atoms with van der Waals surface area (Å²) in [6.07, 6.45) is 0.114. The molecule has 5 heteroatoms. The Labute approximate surface area is 117 Å². The van der Waals surface area contributed by atoms with E-state index in [-0.39, 0.29) is 11.9 Å². The molecule has 1 atom stereocenters. The summed E-state index contributed by atoms with van der Waals surface area (Å²) in [4.78, 5) is 24.2. The zero-order valence-electron chi connectivity index (χ0n) is 12.1. The van der Waals surface area contributed by atoms with Gasteiger partial charge in [-0.05, 0) is 38.0 Å². The van der Waals surface area contributed by atoms with Crippen LogP contribution in [0.4, 0.5) is 0 Å². The summed E-state index contributed by atoms with van der Waals surface area (Å²) in [5.41, 5.74) is 1.30. The molecule has 0 N–H and O–H groups in total. The molecule has 0 saturated carbocycles. The van der Waals surface area contributed by atoms with Crippen molar-refractivity contribution in [1.29, 1.82) is 0 Å². The molecule has 0 spiro atoms. The number of Topliss-reactive ketones (excluding diaryl/α,β-unsaturated/α-hetero) is 1. The molecule has 0 amide bonds. The number of hydrogen-bond acceptors (Lipinski definition) is 5. The minimum absolute atomic E-state index is 0.216. The maximum absolute atomic E-state index is 12.3. The Morgan fingerprint density at radius 3 is 2.35 bits per heavy atom. The quantitative estimate of drug-likeness (QED) is 0.623. The van der Waals surface area contributed by atoms with E-state index in [1.807, 2.05) is 0 Å². The molecule has 0 bridgehead atoms. The highest BCUT2D eigenvalue weighted by molar-refractivity contribution is 6.12. The number of carbonyl (C=O) groups excluding carboxylic acids is 2. The molecule has 1 aliphatic carbocycles. The number of fused-ring (bicyclic) bond motifs is 1. The largest absolute Gasteiger partial charge is 0.493 e. The Kier molecular flexibility index (Phi) is 3.97. The van der Waals surface area contributed by atoms with Gasteiger partial charge in [0.05, 0.1) is 20.3 Å². The summed E-state index contributed by atoms with van der Waals surface area (Å²) >= 11 is 0. The third-order valence-corrected chi connectivity index (χ3v) is 3.25. The highest BCUT2D eigenvalue weighted by atomic mass is 16.5. The Morgan fingerprint density at radius 2 is 1.80 bits per heavy atom. The van der Waals surface area contributed by atoms with Gasteiger partial charge in [0.2, 0.25) is 0 Å². The molecule has 0 fully saturated rings. The van der Waals surface area contributed by atoms with Crippen LogP contribution < -0.4 is 9.47 Å². The molecular weight excluding hydrogens is 260 g/mol. The fourth-order valence-corrected chi connectivity index (χ4v) is 2.32. The van der Waals surface area contributed by atoms with Gasteiger partial charge in [0.1, 0.15) is 5.92 Å². The average molecular weight is 278 g/mol. The smallest absolute Gasteiger partial charge is 0.317 e. The van der Waals surface area contributed by atoms with Crippen LogP contribution in [-0.4, -0.2) is 32.1 Å².